The summed E-state index contributed by atoms with van der Waals surface area (Å²) in [5, 5.41) is 9.07. The molecule has 4 heteroatoms. The number of likely N-dealkylation sites (tertiary alicyclic amines) is 1. The third-order valence-electron chi connectivity index (χ3n) is 4.26. The van der Waals surface area contributed by atoms with Crippen molar-refractivity contribution in [3.8, 4) is 0 Å². The number of carbonyl (C=O) groups excluding carboxylic acids is 1. The van der Waals surface area contributed by atoms with E-state index in [2.05, 4.69) is 0 Å². The van der Waals surface area contributed by atoms with Gasteiger partial charge in [0.05, 0.1) is 5.92 Å². The number of nitrogens with two attached hydrogens (primary N) is 1. The van der Waals surface area contributed by atoms with E-state index < -0.39 is 0 Å². The molecule has 1 saturated heterocycles. The van der Waals surface area contributed by atoms with Crippen molar-refractivity contribution < 1.29 is 9.90 Å². The van der Waals surface area contributed by atoms with Crippen LogP contribution >= 0.6 is 0 Å². The number of nitrogens with zero attached hydrogens (tertiary/aromatic N) is 1. The van der Waals surface area contributed by atoms with Gasteiger partial charge in [-0.15, -0.1) is 0 Å². The summed E-state index contributed by atoms with van der Waals surface area (Å²) >= 11 is 0. The highest BCUT2D eigenvalue weighted by Gasteiger charge is 2.36. The average Bonchev–Trinajstić information content (AvgIpc) is 2.76. The van der Waals surface area contributed by atoms with Crippen LogP contribution in [0.1, 0.15) is 44.9 Å². The van der Waals surface area contributed by atoms with Gasteiger partial charge in [-0.2, -0.15) is 0 Å². The molecule has 2 fully saturated rings. The molecule has 4 nitrogen and oxygen atoms in total. The molecule has 0 aromatic carbocycles. The number of hydrogen-bond acceptors (Lipinski definition) is 3. The first-order valence-corrected chi connectivity index (χ1v) is 6.91. The molecule has 1 saturated carbocycles. The lowest BCUT2D eigenvalue weighted by Crippen LogP contribution is -2.49. The number of carbonyl (C=O) groups is 1. The Kier molecular flexibility index (Phi) is 4.40. The molecule has 17 heavy (non-hydrogen) atoms. The third-order valence-corrected chi connectivity index (χ3v) is 4.26. The number of aliphatic hydroxyl groups is 1. The predicted octanol–water partition coefficient (Wildman–Crippen LogP) is 0.877. The Morgan fingerprint density at radius 2 is 2.06 bits per heavy atom. The molecule has 3 unspecified atom stereocenters. The fourth-order valence-electron chi connectivity index (χ4n) is 3.25. The highest BCUT2D eigenvalue weighted by molar-refractivity contribution is 5.80. The topological polar surface area (TPSA) is 66.6 Å². The fourth-order valence-corrected chi connectivity index (χ4v) is 3.25. The monoisotopic (exact) mass is 240 g/mol. The van der Waals surface area contributed by atoms with Crippen LogP contribution in [0.15, 0.2) is 0 Å². The Morgan fingerprint density at radius 1 is 1.24 bits per heavy atom. The molecular weight excluding hydrogens is 216 g/mol. The van der Waals surface area contributed by atoms with Crippen LogP contribution in [-0.4, -0.2) is 41.1 Å². The number of amides is 1. The first-order chi connectivity index (χ1) is 8.24. The van der Waals surface area contributed by atoms with Crippen molar-refractivity contribution >= 4 is 5.91 Å². The van der Waals surface area contributed by atoms with Crippen LogP contribution in [0.2, 0.25) is 0 Å². The minimum atomic E-state index is 0.0364. The lowest BCUT2D eigenvalue weighted by molar-refractivity contribution is -0.139. The Morgan fingerprint density at radius 3 is 2.71 bits per heavy atom. The molecule has 1 aliphatic heterocycles. The zero-order valence-electron chi connectivity index (χ0n) is 10.5. The van der Waals surface area contributed by atoms with Crippen LogP contribution in [0.4, 0.5) is 0 Å². The summed E-state index contributed by atoms with van der Waals surface area (Å²) in [6, 6.07) is 0.299. The lowest BCUT2D eigenvalue weighted by Gasteiger charge is -2.37. The summed E-state index contributed by atoms with van der Waals surface area (Å²) in [5.41, 5.74) is 6.01. The molecule has 98 valence electrons. The predicted molar refractivity (Wildman–Crippen MR) is 66.4 cm³/mol. The molecule has 0 bridgehead atoms. The molecule has 0 spiro atoms. The fraction of sp³-hybridized carbons (Fsp3) is 0.923. The van der Waals surface area contributed by atoms with Crippen molar-refractivity contribution in [2.75, 3.05) is 13.2 Å². The number of rotatable bonds is 3. The van der Waals surface area contributed by atoms with E-state index in [-0.39, 0.29) is 30.5 Å². The minimum Gasteiger partial charge on any atom is -0.396 e. The molecule has 0 aromatic rings. The van der Waals surface area contributed by atoms with Crippen LogP contribution in [0, 0.1) is 5.92 Å². The standard InChI is InChI=1S/C13H24N2O2/c14-12-6-3-5-11(12)13(17)15-8-2-1-4-10(15)7-9-16/h10-12,16H,1-9,14H2. The molecule has 0 aromatic heterocycles. The van der Waals surface area contributed by atoms with Gasteiger partial charge >= 0.3 is 0 Å². The normalized spacial score (nSPS) is 34.0. The first kappa shape index (κ1) is 12.8. The number of hydrogen-bond donors (Lipinski definition) is 2. The van der Waals surface area contributed by atoms with Crippen LogP contribution in [0.25, 0.3) is 0 Å². The summed E-state index contributed by atoms with van der Waals surface area (Å²) < 4.78 is 0. The van der Waals surface area contributed by atoms with Gasteiger partial charge in [0.25, 0.3) is 0 Å². The van der Waals surface area contributed by atoms with E-state index in [0.29, 0.717) is 6.42 Å². The van der Waals surface area contributed by atoms with Crippen molar-refractivity contribution in [1.29, 1.82) is 0 Å². The quantitative estimate of drug-likeness (QED) is 0.769. The van der Waals surface area contributed by atoms with Crippen molar-refractivity contribution in [1.82, 2.24) is 4.90 Å². The van der Waals surface area contributed by atoms with Gasteiger partial charge in [0, 0.05) is 25.2 Å². The third kappa shape index (κ3) is 2.80. The van der Waals surface area contributed by atoms with E-state index >= 15 is 0 Å². The number of piperidine rings is 1. The van der Waals surface area contributed by atoms with Gasteiger partial charge in [-0.05, 0) is 38.5 Å². The summed E-state index contributed by atoms with van der Waals surface area (Å²) in [5.74, 6) is 0.280. The van der Waals surface area contributed by atoms with Gasteiger partial charge in [-0.1, -0.05) is 6.42 Å². The lowest BCUT2D eigenvalue weighted by atomic mass is 9.95. The first-order valence-electron chi connectivity index (χ1n) is 6.91. The van der Waals surface area contributed by atoms with Crippen molar-refractivity contribution in [3.63, 3.8) is 0 Å². The molecule has 3 atom stereocenters. The maximum absolute atomic E-state index is 12.5. The molecule has 1 amide bonds. The second-order valence-electron chi connectivity index (χ2n) is 5.39. The smallest absolute Gasteiger partial charge is 0.227 e. The van der Waals surface area contributed by atoms with E-state index in [9.17, 15) is 4.79 Å². The van der Waals surface area contributed by atoms with Gasteiger partial charge in [0.1, 0.15) is 0 Å². The molecular formula is C13H24N2O2. The maximum Gasteiger partial charge on any atom is 0.227 e. The summed E-state index contributed by atoms with van der Waals surface area (Å²) in [6.07, 6.45) is 7.02. The van der Waals surface area contributed by atoms with E-state index in [1.807, 2.05) is 4.90 Å². The Hall–Kier alpha value is -0.610. The molecule has 3 N–H and O–H groups in total. The minimum absolute atomic E-state index is 0.0364. The molecule has 2 rings (SSSR count). The summed E-state index contributed by atoms with van der Waals surface area (Å²) in [7, 11) is 0. The Balaban J connectivity index is 2.00. The SMILES string of the molecule is NC1CCCC1C(=O)N1CCCCC1CCO. The van der Waals surface area contributed by atoms with Gasteiger partial charge < -0.3 is 15.7 Å². The van der Waals surface area contributed by atoms with Gasteiger partial charge in [0.2, 0.25) is 5.91 Å². The molecule has 1 heterocycles. The zero-order valence-corrected chi connectivity index (χ0v) is 10.5. The Bertz CT molecular complexity index is 268. The van der Waals surface area contributed by atoms with E-state index in [0.717, 1.165) is 38.6 Å². The van der Waals surface area contributed by atoms with Crippen molar-refractivity contribution in [3.05, 3.63) is 0 Å². The molecule has 2 aliphatic rings. The second kappa shape index (κ2) is 5.83. The highest BCUT2D eigenvalue weighted by atomic mass is 16.3. The van der Waals surface area contributed by atoms with Crippen LogP contribution < -0.4 is 5.73 Å². The van der Waals surface area contributed by atoms with Gasteiger partial charge in [-0.3, -0.25) is 4.79 Å². The van der Waals surface area contributed by atoms with Crippen LogP contribution in [0.3, 0.4) is 0 Å². The maximum atomic E-state index is 12.5. The summed E-state index contributed by atoms with van der Waals surface area (Å²) in [6.45, 7) is 1.03. The van der Waals surface area contributed by atoms with Crippen LogP contribution in [-0.2, 0) is 4.79 Å². The van der Waals surface area contributed by atoms with Gasteiger partial charge in [0.15, 0.2) is 0 Å². The Labute approximate surface area is 103 Å². The zero-order chi connectivity index (χ0) is 12.3. The second-order valence-corrected chi connectivity index (χ2v) is 5.39. The van der Waals surface area contributed by atoms with Crippen molar-refractivity contribution in [2.24, 2.45) is 11.7 Å². The van der Waals surface area contributed by atoms with Crippen LogP contribution in [0.5, 0.6) is 0 Å². The van der Waals surface area contributed by atoms with E-state index in [1.165, 1.54) is 6.42 Å². The molecule has 0 radical (unpaired) electrons. The number of aliphatic hydroxyl groups excluding tert-OH is 1. The van der Waals surface area contributed by atoms with E-state index in [1.54, 1.807) is 0 Å². The average molecular weight is 240 g/mol. The molecule has 1 aliphatic carbocycles. The van der Waals surface area contributed by atoms with E-state index in [4.69, 9.17) is 10.8 Å². The summed E-state index contributed by atoms with van der Waals surface area (Å²) in [4.78, 5) is 14.5. The van der Waals surface area contributed by atoms with Gasteiger partial charge in [-0.25, -0.2) is 0 Å². The highest BCUT2D eigenvalue weighted by Crippen LogP contribution is 2.29. The van der Waals surface area contributed by atoms with Crippen molar-refractivity contribution in [2.45, 2.75) is 57.0 Å². The largest absolute Gasteiger partial charge is 0.396 e.